The Morgan fingerprint density at radius 3 is 2.83 bits per heavy atom. The molecule has 1 rings (SSSR count). The Kier molecular flexibility index (Phi) is 4.89. The molecule has 1 atom stereocenters. The smallest absolute Gasteiger partial charge is 0.305 e. The van der Waals surface area contributed by atoms with Crippen molar-refractivity contribution in [3.8, 4) is 0 Å². The molecule has 0 saturated heterocycles. The van der Waals surface area contributed by atoms with Crippen LogP contribution in [-0.4, -0.2) is 11.1 Å². The zero-order valence-electron chi connectivity index (χ0n) is 6.27. The van der Waals surface area contributed by atoms with Crippen molar-refractivity contribution < 1.29 is 9.90 Å². The molecular weight excluding hydrogens is 198 g/mol. The number of carboxylic acid groups (broad SMARTS) is 1. The number of hydrogen-bond donors (Lipinski definition) is 2. The molecule has 3 nitrogen and oxygen atoms in total. The van der Waals surface area contributed by atoms with Gasteiger partial charge in [-0.3, -0.25) is 4.79 Å². The maximum absolute atomic E-state index is 10.2. The normalized spacial score (nSPS) is 11.8. The number of thiophene rings is 1. The lowest BCUT2D eigenvalue weighted by Crippen LogP contribution is -2.13. The molecule has 0 aromatic carbocycles. The van der Waals surface area contributed by atoms with Crippen LogP contribution in [0, 0.1) is 0 Å². The molecule has 0 fully saturated rings. The summed E-state index contributed by atoms with van der Waals surface area (Å²) in [6, 6.07) is 3.35. The van der Waals surface area contributed by atoms with Gasteiger partial charge in [-0.25, -0.2) is 0 Å². The number of carboxylic acids is 1. The van der Waals surface area contributed by atoms with Crippen molar-refractivity contribution in [2.75, 3.05) is 0 Å². The predicted molar refractivity (Wildman–Crippen MR) is 50.7 cm³/mol. The number of hydrogen-bond acceptors (Lipinski definition) is 3. The monoisotopic (exact) mass is 207 g/mol. The number of nitrogens with two attached hydrogens (primary N) is 1. The van der Waals surface area contributed by atoms with Crippen molar-refractivity contribution >= 4 is 29.7 Å². The second-order valence-corrected chi connectivity index (χ2v) is 3.20. The summed E-state index contributed by atoms with van der Waals surface area (Å²) in [6.45, 7) is 0. The van der Waals surface area contributed by atoms with Gasteiger partial charge >= 0.3 is 5.97 Å². The van der Waals surface area contributed by atoms with E-state index in [1.54, 1.807) is 0 Å². The molecule has 1 aromatic heterocycles. The van der Waals surface area contributed by atoms with E-state index in [0.29, 0.717) is 0 Å². The van der Waals surface area contributed by atoms with Crippen LogP contribution in [0.25, 0.3) is 0 Å². The molecule has 1 heterocycles. The maximum atomic E-state index is 10.2. The summed E-state index contributed by atoms with van der Waals surface area (Å²) in [5.41, 5.74) is 5.57. The highest BCUT2D eigenvalue weighted by Crippen LogP contribution is 2.18. The fourth-order valence-corrected chi connectivity index (χ4v) is 1.52. The summed E-state index contributed by atoms with van der Waals surface area (Å²) in [5.74, 6) is -0.856. The van der Waals surface area contributed by atoms with Gasteiger partial charge in [-0.15, -0.1) is 23.7 Å². The Bertz CT molecular complexity index is 238. The summed E-state index contributed by atoms with van der Waals surface area (Å²) in [4.78, 5) is 11.2. The Hall–Kier alpha value is -0.580. The molecule has 5 heteroatoms. The van der Waals surface area contributed by atoms with Gasteiger partial charge in [0.2, 0.25) is 0 Å². The number of rotatable bonds is 3. The van der Waals surface area contributed by atoms with Gasteiger partial charge in [-0.2, -0.15) is 0 Å². The van der Waals surface area contributed by atoms with Crippen LogP contribution < -0.4 is 5.73 Å². The quantitative estimate of drug-likeness (QED) is 0.792. The fourth-order valence-electron chi connectivity index (χ4n) is 0.791. The van der Waals surface area contributed by atoms with Crippen molar-refractivity contribution in [1.29, 1.82) is 0 Å². The van der Waals surface area contributed by atoms with Crippen molar-refractivity contribution in [2.24, 2.45) is 5.73 Å². The molecule has 0 aliphatic rings. The van der Waals surface area contributed by atoms with E-state index in [1.165, 1.54) is 11.3 Å². The van der Waals surface area contributed by atoms with Gasteiger partial charge in [-0.05, 0) is 11.4 Å². The Labute approximate surface area is 80.6 Å². The third kappa shape index (κ3) is 3.21. The van der Waals surface area contributed by atoms with Gasteiger partial charge in [0.1, 0.15) is 0 Å². The van der Waals surface area contributed by atoms with Crippen LogP contribution in [0.4, 0.5) is 0 Å². The van der Waals surface area contributed by atoms with Crippen LogP contribution in [0.5, 0.6) is 0 Å². The predicted octanol–water partition coefficient (Wildman–Crippen LogP) is 1.64. The number of carbonyl (C=O) groups is 1. The van der Waals surface area contributed by atoms with E-state index in [9.17, 15) is 4.79 Å². The van der Waals surface area contributed by atoms with Gasteiger partial charge in [-0.1, -0.05) is 6.07 Å². The highest BCUT2D eigenvalue weighted by Gasteiger charge is 2.10. The average molecular weight is 208 g/mol. The molecule has 0 radical (unpaired) electrons. The van der Waals surface area contributed by atoms with Gasteiger partial charge in [0.05, 0.1) is 6.42 Å². The summed E-state index contributed by atoms with van der Waals surface area (Å²) in [7, 11) is 0. The van der Waals surface area contributed by atoms with Crippen LogP contribution in [0.3, 0.4) is 0 Å². The van der Waals surface area contributed by atoms with Crippen molar-refractivity contribution in [1.82, 2.24) is 0 Å². The highest BCUT2D eigenvalue weighted by atomic mass is 35.5. The number of aliphatic carboxylic acids is 1. The Morgan fingerprint density at radius 1 is 1.75 bits per heavy atom. The lowest BCUT2D eigenvalue weighted by molar-refractivity contribution is -0.137. The van der Waals surface area contributed by atoms with E-state index in [0.717, 1.165) is 4.88 Å². The molecule has 0 bridgehead atoms. The zero-order valence-corrected chi connectivity index (χ0v) is 7.90. The maximum Gasteiger partial charge on any atom is 0.305 e. The molecule has 1 aromatic rings. The first-order valence-corrected chi connectivity index (χ1v) is 4.09. The van der Waals surface area contributed by atoms with E-state index in [4.69, 9.17) is 10.8 Å². The topological polar surface area (TPSA) is 63.3 Å². The van der Waals surface area contributed by atoms with E-state index in [-0.39, 0.29) is 24.9 Å². The SMILES string of the molecule is Cl.NC(CC(=O)O)c1cccs1. The average Bonchev–Trinajstić information content (AvgIpc) is 2.35. The van der Waals surface area contributed by atoms with Crippen molar-refractivity contribution in [2.45, 2.75) is 12.5 Å². The highest BCUT2D eigenvalue weighted by molar-refractivity contribution is 7.10. The lowest BCUT2D eigenvalue weighted by Gasteiger charge is -2.03. The minimum atomic E-state index is -0.856. The zero-order chi connectivity index (χ0) is 8.27. The van der Waals surface area contributed by atoms with Gasteiger partial charge in [0, 0.05) is 10.9 Å². The summed E-state index contributed by atoms with van der Waals surface area (Å²) in [5, 5.41) is 10.3. The minimum absolute atomic E-state index is 0. The molecule has 0 aliphatic heterocycles. The van der Waals surface area contributed by atoms with Crippen molar-refractivity contribution in [3.63, 3.8) is 0 Å². The molecule has 0 amide bonds. The third-order valence-electron chi connectivity index (χ3n) is 1.30. The standard InChI is InChI=1S/C7H9NO2S.ClH/c8-5(4-7(9)10)6-2-1-3-11-6;/h1-3,5H,4,8H2,(H,9,10);1H. The second kappa shape index (κ2) is 5.13. The number of halogens is 1. The van der Waals surface area contributed by atoms with Crippen LogP contribution in [0.15, 0.2) is 17.5 Å². The van der Waals surface area contributed by atoms with E-state index >= 15 is 0 Å². The summed E-state index contributed by atoms with van der Waals surface area (Å²) < 4.78 is 0. The van der Waals surface area contributed by atoms with Gasteiger partial charge < -0.3 is 10.8 Å². The van der Waals surface area contributed by atoms with E-state index in [1.807, 2.05) is 17.5 Å². The van der Waals surface area contributed by atoms with E-state index in [2.05, 4.69) is 0 Å². The third-order valence-corrected chi connectivity index (χ3v) is 2.31. The fraction of sp³-hybridized carbons (Fsp3) is 0.286. The van der Waals surface area contributed by atoms with Crippen LogP contribution in [-0.2, 0) is 4.79 Å². The second-order valence-electron chi connectivity index (χ2n) is 2.22. The van der Waals surface area contributed by atoms with Gasteiger partial charge in [0.25, 0.3) is 0 Å². The van der Waals surface area contributed by atoms with Crippen molar-refractivity contribution in [3.05, 3.63) is 22.4 Å². The first-order chi connectivity index (χ1) is 5.20. The van der Waals surface area contributed by atoms with Crippen LogP contribution >= 0.6 is 23.7 Å². The Morgan fingerprint density at radius 2 is 2.42 bits per heavy atom. The molecule has 68 valence electrons. The lowest BCUT2D eigenvalue weighted by atomic mass is 10.2. The minimum Gasteiger partial charge on any atom is -0.481 e. The molecular formula is C7H10ClNO2S. The summed E-state index contributed by atoms with van der Waals surface area (Å²) >= 11 is 1.48. The molecule has 12 heavy (non-hydrogen) atoms. The Balaban J connectivity index is 0.00000121. The molecule has 3 N–H and O–H groups in total. The first kappa shape index (κ1) is 11.4. The molecule has 1 unspecified atom stereocenters. The largest absolute Gasteiger partial charge is 0.481 e. The van der Waals surface area contributed by atoms with Crippen LogP contribution in [0.2, 0.25) is 0 Å². The molecule has 0 aliphatic carbocycles. The molecule has 0 spiro atoms. The van der Waals surface area contributed by atoms with Crippen LogP contribution in [0.1, 0.15) is 17.3 Å². The molecule has 0 saturated carbocycles. The summed E-state index contributed by atoms with van der Waals surface area (Å²) in [6.07, 6.45) is 0.000509. The van der Waals surface area contributed by atoms with E-state index < -0.39 is 5.97 Å². The van der Waals surface area contributed by atoms with Gasteiger partial charge in [0.15, 0.2) is 0 Å². The first-order valence-electron chi connectivity index (χ1n) is 3.21.